The lowest BCUT2D eigenvalue weighted by atomic mass is 10.0. The number of rotatable bonds is 9. The van der Waals surface area contributed by atoms with Crippen molar-refractivity contribution in [1.29, 1.82) is 0 Å². The molecule has 0 radical (unpaired) electrons. The predicted octanol–water partition coefficient (Wildman–Crippen LogP) is 3.57. The fourth-order valence-electron chi connectivity index (χ4n) is 4.22. The van der Waals surface area contributed by atoms with E-state index in [1.807, 2.05) is 18.2 Å². The van der Waals surface area contributed by atoms with Gasteiger partial charge in [-0.25, -0.2) is 4.79 Å². The van der Waals surface area contributed by atoms with Gasteiger partial charge in [-0.05, 0) is 48.4 Å². The molecule has 0 fully saturated rings. The van der Waals surface area contributed by atoms with E-state index in [2.05, 4.69) is 10.6 Å². The van der Waals surface area contributed by atoms with Crippen LogP contribution in [0.1, 0.15) is 45.7 Å². The van der Waals surface area contributed by atoms with Gasteiger partial charge in [0, 0.05) is 19.0 Å². The molecule has 3 aromatic rings. The third-order valence-corrected chi connectivity index (χ3v) is 6.00. The number of carbonyl (C=O) groups is 5. The van der Waals surface area contributed by atoms with Crippen LogP contribution in [0.25, 0.3) is 6.08 Å². The Bertz CT molecular complexity index is 1410. The van der Waals surface area contributed by atoms with E-state index >= 15 is 0 Å². The van der Waals surface area contributed by atoms with Crippen LogP contribution in [0, 0.1) is 0 Å². The molecule has 198 valence electrons. The summed E-state index contributed by atoms with van der Waals surface area (Å²) in [5.41, 5.74) is 2.39. The van der Waals surface area contributed by atoms with Crippen molar-refractivity contribution in [2.24, 2.45) is 0 Å². The van der Waals surface area contributed by atoms with Crippen molar-refractivity contribution in [3.8, 4) is 0 Å². The molecule has 2 N–H and O–H groups in total. The van der Waals surface area contributed by atoms with E-state index in [0.29, 0.717) is 11.3 Å². The number of carbonyl (C=O) groups excluding carboxylic acids is 5. The van der Waals surface area contributed by atoms with Gasteiger partial charge < -0.3 is 15.4 Å². The lowest BCUT2D eigenvalue weighted by molar-refractivity contribution is -0.147. The first-order valence-electron chi connectivity index (χ1n) is 12.4. The monoisotopic (exact) mass is 525 g/mol. The Kier molecular flexibility index (Phi) is 8.30. The molecule has 0 aromatic heterocycles. The molecule has 0 aliphatic carbocycles. The molecular formula is C30H27N3O6. The van der Waals surface area contributed by atoms with Crippen LogP contribution in [0.2, 0.25) is 0 Å². The number of anilines is 1. The summed E-state index contributed by atoms with van der Waals surface area (Å²) in [7, 11) is 0. The fourth-order valence-corrected chi connectivity index (χ4v) is 4.22. The van der Waals surface area contributed by atoms with Gasteiger partial charge in [0.15, 0.2) is 0 Å². The minimum absolute atomic E-state index is 0.0313. The van der Waals surface area contributed by atoms with E-state index in [4.69, 9.17) is 4.74 Å². The number of nitrogens with zero attached hydrogens (tertiary/aromatic N) is 1. The Morgan fingerprint density at radius 3 is 2.03 bits per heavy atom. The van der Waals surface area contributed by atoms with Crippen molar-refractivity contribution >= 4 is 41.4 Å². The summed E-state index contributed by atoms with van der Waals surface area (Å²) in [6.45, 7) is 3.06. The van der Waals surface area contributed by atoms with Gasteiger partial charge in [-0.15, -0.1) is 0 Å². The van der Waals surface area contributed by atoms with Gasteiger partial charge in [0.2, 0.25) is 5.91 Å². The van der Waals surface area contributed by atoms with Crippen LogP contribution in [-0.2, 0) is 25.5 Å². The predicted molar refractivity (Wildman–Crippen MR) is 144 cm³/mol. The third-order valence-electron chi connectivity index (χ3n) is 6.00. The normalized spacial score (nSPS) is 13.5. The van der Waals surface area contributed by atoms with Gasteiger partial charge in [0.05, 0.1) is 17.7 Å². The van der Waals surface area contributed by atoms with Gasteiger partial charge in [-0.3, -0.25) is 24.1 Å². The number of fused-ring (bicyclic) bond motifs is 1. The van der Waals surface area contributed by atoms with Crippen LogP contribution in [0.4, 0.5) is 5.69 Å². The first-order valence-corrected chi connectivity index (χ1v) is 12.4. The smallest absolute Gasteiger partial charge is 0.329 e. The van der Waals surface area contributed by atoms with Crippen molar-refractivity contribution < 1.29 is 28.7 Å². The van der Waals surface area contributed by atoms with Crippen LogP contribution < -0.4 is 10.6 Å². The molecule has 0 unspecified atom stereocenters. The maximum absolute atomic E-state index is 13.0. The van der Waals surface area contributed by atoms with E-state index in [0.717, 1.165) is 10.5 Å². The molecule has 9 nitrogen and oxygen atoms in total. The fraction of sp³-hybridized carbons (Fsp3) is 0.167. The van der Waals surface area contributed by atoms with Crippen molar-refractivity contribution in [3.63, 3.8) is 0 Å². The van der Waals surface area contributed by atoms with Crippen molar-refractivity contribution in [1.82, 2.24) is 10.2 Å². The van der Waals surface area contributed by atoms with Gasteiger partial charge in [0.1, 0.15) is 11.7 Å². The Labute approximate surface area is 225 Å². The Morgan fingerprint density at radius 2 is 1.46 bits per heavy atom. The molecule has 1 aliphatic heterocycles. The molecule has 1 heterocycles. The molecule has 1 aliphatic rings. The van der Waals surface area contributed by atoms with Crippen molar-refractivity contribution in [2.45, 2.75) is 26.3 Å². The summed E-state index contributed by atoms with van der Waals surface area (Å²) < 4.78 is 5.18. The maximum Gasteiger partial charge on any atom is 0.329 e. The van der Waals surface area contributed by atoms with E-state index in [1.165, 1.54) is 6.92 Å². The molecular weight excluding hydrogens is 498 g/mol. The minimum atomic E-state index is -1.15. The van der Waals surface area contributed by atoms with Crippen LogP contribution in [0.5, 0.6) is 0 Å². The number of esters is 1. The summed E-state index contributed by atoms with van der Waals surface area (Å²) in [4.78, 5) is 64.4. The molecule has 4 rings (SSSR count). The molecule has 0 saturated carbocycles. The zero-order chi connectivity index (χ0) is 27.9. The molecule has 4 amide bonds. The summed E-state index contributed by atoms with van der Waals surface area (Å²) in [5, 5.41) is 5.29. The Morgan fingerprint density at radius 1 is 0.872 bits per heavy atom. The molecule has 39 heavy (non-hydrogen) atoms. The Balaban J connectivity index is 1.52. The number of nitrogens with one attached hydrogen (secondary N) is 2. The number of ether oxygens (including phenoxy) is 1. The lowest BCUT2D eigenvalue weighted by Crippen LogP contribution is -2.47. The summed E-state index contributed by atoms with van der Waals surface area (Å²) in [5.74, 6) is -2.69. The SMILES string of the molecule is CCOC(=O)[C@H](Cc1ccc(NC(=O)C(=Cc2ccccc2)NC(C)=O)cc1)N1C(=O)c2ccccc2C1=O. The first-order chi connectivity index (χ1) is 18.8. The largest absolute Gasteiger partial charge is 0.464 e. The van der Waals surface area contributed by atoms with E-state index in [1.54, 1.807) is 73.7 Å². The standard InChI is InChI=1S/C30H27N3O6/c1-3-39-30(38)26(33-28(36)23-11-7-8-12-24(23)29(33)37)18-21-13-15-22(16-14-21)32-27(35)25(31-19(2)34)17-20-9-5-4-6-10-20/h4-17,26H,3,18H2,1-2H3,(H,31,34)(H,32,35)/t26-/m0/s1. The average Bonchev–Trinajstić information content (AvgIpc) is 3.18. The highest BCUT2D eigenvalue weighted by molar-refractivity contribution is 6.22. The maximum atomic E-state index is 13.0. The number of benzene rings is 3. The summed E-state index contributed by atoms with van der Waals surface area (Å²) >= 11 is 0. The summed E-state index contributed by atoms with van der Waals surface area (Å²) in [6.07, 6.45) is 1.60. The van der Waals surface area contributed by atoms with E-state index in [9.17, 15) is 24.0 Å². The van der Waals surface area contributed by atoms with Crippen LogP contribution >= 0.6 is 0 Å². The highest BCUT2D eigenvalue weighted by Gasteiger charge is 2.43. The zero-order valence-corrected chi connectivity index (χ0v) is 21.5. The Hall–Kier alpha value is -5.05. The minimum Gasteiger partial charge on any atom is -0.464 e. The number of imide groups is 1. The molecule has 0 saturated heterocycles. The van der Waals surface area contributed by atoms with E-state index in [-0.39, 0.29) is 35.8 Å². The van der Waals surface area contributed by atoms with E-state index < -0.39 is 29.7 Å². The third kappa shape index (κ3) is 6.27. The number of amides is 4. The van der Waals surface area contributed by atoms with Gasteiger partial charge in [-0.1, -0.05) is 54.6 Å². The highest BCUT2D eigenvalue weighted by Crippen LogP contribution is 2.27. The van der Waals surface area contributed by atoms with Gasteiger partial charge >= 0.3 is 5.97 Å². The second-order valence-corrected chi connectivity index (χ2v) is 8.80. The number of hydrogen-bond donors (Lipinski definition) is 2. The summed E-state index contributed by atoms with van der Waals surface area (Å²) in [6, 6.07) is 21.0. The second-order valence-electron chi connectivity index (χ2n) is 8.80. The van der Waals surface area contributed by atoms with Crippen LogP contribution in [-0.4, -0.2) is 47.1 Å². The van der Waals surface area contributed by atoms with Crippen molar-refractivity contribution in [3.05, 3.63) is 107 Å². The second kappa shape index (κ2) is 12.0. The van der Waals surface area contributed by atoms with Crippen LogP contribution in [0.15, 0.2) is 84.6 Å². The topological polar surface area (TPSA) is 122 Å². The number of hydrogen-bond acceptors (Lipinski definition) is 6. The molecule has 0 bridgehead atoms. The first kappa shape index (κ1) is 27.0. The lowest BCUT2D eigenvalue weighted by Gasteiger charge is -2.24. The molecule has 3 aromatic carbocycles. The molecule has 0 spiro atoms. The quantitative estimate of drug-likeness (QED) is 0.250. The zero-order valence-electron chi connectivity index (χ0n) is 21.5. The average molecular weight is 526 g/mol. The van der Waals surface area contributed by atoms with Crippen LogP contribution in [0.3, 0.4) is 0 Å². The highest BCUT2D eigenvalue weighted by atomic mass is 16.5. The van der Waals surface area contributed by atoms with Gasteiger partial charge in [0.25, 0.3) is 17.7 Å². The molecule has 1 atom stereocenters. The van der Waals surface area contributed by atoms with Gasteiger partial charge in [-0.2, -0.15) is 0 Å². The molecule has 9 heteroatoms. The van der Waals surface area contributed by atoms with Crippen molar-refractivity contribution in [2.75, 3.05) is 11.9 Å².